The lowest BCUT2D eigenvalue weighted by molar-refractivity contribution is -0.384. The number of rotatable bonds is 4. The summed E-state index contributed by atoms with van der Waals surface area (Å²) in [6.07, 6.45) is 0.448. The van der Waals surface area contributed by atoms with Crippen LogP contribution >= 0.6 is 22.9 Å². The molecule has 0 saturated carbocycles. The van der Waals surface area contributed by atoms with Crippen molar-refractivity contribution in [3.05, 3.63) is 54.9 Å². The lowest BCUT2D eigenvalue weighted by Gasteiger charge is -2.25. The summed E-state index contributed by atoms with van der Waals surface area (Å²) in [5.41, 5.74) is 0.578. The highest BCUT2D eigenvalue weighted by Gasteiger charge is 2.30. The standard InChI is InChI=1S/C18H16ClN3O6S/c1-9(23)21-6-5-11-14(8-21)29-17(15(11)18(25)28-2)20-16(24)12-7-10(22(26)27)3-4-13(12)19/h3-4,7H,5-6,8H2,1-2H3,(H,20,24). The number of carbonyl (C=O) groups excluding carboxylic acids is 3. The maximum Gasteiger partial charge on any atom is 0.341 e. The van der Waals surface area contributed by atoms with E-state index in [-0.39, 0.29) is 32.7 Å². The Morgan fingerprint density at radius 2 is 2.07 bits per heavy atom. The van der Waals surface area contributed by atoms with Crippen LogP contribution in [0.25, 0.3) is 0 Å². The smallest absolute Gasteiger partial charge is 0.341 e. The SMILES string of the molecule is COC(=O)c1c(NC(=O)c2cc([N+](=O)[O-])ccc2Cl)sc2c1CCN(C(C)=O)C2. The summed E-state index contributed by atoms with van der Waals surface area (Å²) in [6.45, 7) is 2.24. The van der Waals surface area contributed by atoms with Crippen molar-refractivity contribution < 1.29 is 24.0 Å². The van der Waals surface area contributed by atoms with Crippen LogP contribution in [0, 0.1) is 10.1 Å². The largest absolute Gasteiger partial charge is 0.465 e. The van der Waals surface area contributed by atoms with Crippen LogP contribution in [0.15, 0.2) is 18.2 Å². The van der Waals surface area contributed by atoms with Gasteiger partial charge in [-0.15, -0.1) is 11.3 Å². The van der Waals surface area contributed by atoms with Crippen LogP contribution in [0.4, 0.5) is 10.7 Å². The number of non-ortho nitro benzene ring substituents is 1. The van der Waals surface area contributed by atoms with E-state index in [0.717, 1.165) is 27.8 Å². The molecule has 2 heterocycles. The summed E-state index contributed by atoms with van der Waals surface area (Å²) in [7, 11) is 1.24. The number of esters is 1. The second-order valence-electron chi connectivity index (χ2n) is 6.27. The third kappa shape index (κ3) is 4.08. The molecule has 11 heteroatoms. The predicted octanol–water partition coefficient (Wildman–Crippen LogP) is 3.25. The highest BCUT2D eigenvalue weighted by Crippen LogP contribution is 2.38. The van der Waals surface area contributed by atoms with E-state index in [4.69, 9.17) is 16.3 Å². The van der Waals surface area contributed by atoms with E-state index in [2.05, 4.69) is 5.32 Å². The molecule has 0 saturated heterocycles. The van der Waals surface area contributed by atoms with Crippen molar-refractivity contribution in [2.24, 2.45) is 0 Å². The Labute approximate surface area is 174 Å². The van der Waals surface area contributed by atoms with E-state index in [9.17, 15) is 24.5 Å². The van der Waals surface area contributed by atoms with E-state index in [1.807, 2.05) is 0 Å². The van der Waals surface area contributed by atoms with Crippen LogP contribution in [0.3, 0.4) is 0 Å². The van der Waals surface area contributed by atoms with Gasteiger partial charge in [0.15, 0.2) is 0 Å². The number of carbonyl (C=O) groups is 3. The first-order chi connectivity index (χ1) is 13.7. The first-order valence-corrected chi connectivity index (χ1v) is 9.66. The maximum atomic E-state index is 12.7. The number of anilines is 1. The Bertz CT molecular complexity index is 1030. The van der Waals surface area contributed by atoms with Gasteiger partial charge in [-0.05, 0) is 18.1 Å². The molecule has 2 aromatic rings. The van der Waals surface area contributed by atoms with Gasteiger partial charge >= 0.3 is 5.97 Å². The number of nitro groups is 1. The summed E-state index contributed by atoms with van der Waals surface area (Å²) in [4.78, 5) is 49.5. The van der Waals surface area contributed by atoms with Crippen molar-refractivity contribution in [3.8, 4) is 0 Å². The predicted molar refractivity (Wildman–Crippen MR) is 107 cm³/mol. The van der Waals surface area contributed by atoms with Gasteiger partial charge in [-0.2, -0.15) is 0 Å². The third-order valence-corrected chi connectivity index (χ3v) is 5.99. The lowest BCUT2D eigenvalue weighted by Crippen LogP contribution is -2.33. The minimum absolute atomic E-state index is 0.0387. The number of amides is 2. The molecule has 0 fully saturated rings. The normalized spacial score (nSPS) is 12.9. The van der Waals surface area contributed by atoms with E-state index >= 15 is 0 Å². The molecule has 0 atom stereocenters. The molecule has 2 amide bonds. The van der Waals surface area contributed by atoms with Crippen molar-refractivity contribution in [2.75, 3.05) is 19.0 Å². The molecule has 1 N–H and O–H groups in total. The quantitative estimate of drug-likeness (QED) is 0.445. The molecule has 1 aromatic heterocycles. The summed E-state index contributed by atoms with van der Waals surface area (Å²) in [6, 6.07) is 3.53. The number of nitrogens with zero attached hydrogens (tertiary/aromatic N) is 2. The van der Waals surface area contributed by atoms with Gasteiger partial charge in [0.05, 0.1) is 34.7 Å². The van der Waals surface area contributed by atoms with E-state index < -0.39 is 16.8 Å². The number of nitrogens with one attached hydrogen (secondary N) is 1. The monoisotopic (exact) mass is 437 g/mol. The summed E-state index contributed by atoms with van der Waals surface area (Å²) in [5.74, 6) is -1.39. The number of hydrogen-bond acceptors (Lipinski definition) is 7. The molecule has 1 aliphatic heterocycles. The van der Waals surface area contributed by atoms with E-state index in [1.54, 1.807) is 4.90 Å². The number of nitro benzene ring substituents is 1. The van der Waals surface area contributed by atoms with Gasteiger partial charge in [-0.25, -0.2) is 4.79 Å². The molecule has 0 radical (unpaired) electrons. The molecule has 1 aromatic carbocycles. The number of hydrogen-bond donors (Lipinski definition) is 1. The van der Waals surface area contributed by atoms with Gasteiger partial charge < -0.3 is 15.0 Å². The van der Waals surface area contributed by atoms with Gasteiger partial charge in [0.2, 0.25) is 5.91 Å². The van der Waals surface area contributed by atoms with Gasteiger partial charge in [-0.1, -0.05) is 11.6 Å². The number of thiophene rings is 1. The second kappa shape index (κ2) is 8.18. The number of fused-ring (bicyclic) bond motifs is 1. The summed E-state index contributed by atoms with van der Waals surface area (Å²) < 4.78 is 4.86. The van der Waals surface area contributed by atoms with Crippen LogP contribution in [0.2, 0.25) is 5.02 Å². The molecule has 3 rings (SSSR count). The molecule has 0 spiro atoms. The average molecular weight is 438 g/mol. The molecule has 0 unspecified atom stereocenters. The topological polar surface area (TPSA) is 119 Å². The molecule has 152 valence electrons. The van der Waals surface area contributed by atoms with Crippen LogP contribution in [-0.2, 0) is 22.5 Å². The van der Waals surface area contributed by atoms with Gasteiger partial charge in [-0.3, -0.25) is 19.7 Å². The van der Waals surface area contributed by atoms with Crippen molar-refractivity contribution in [1.29, 1.82) is 0 Å². The van der Waals surface area contributed by atoms with Crippen molar-refractivity contribution in [2.45, 2.75) is 19.9 Å². The Morgan fingerprint density at radius 1 is 1.34 bits per heavy atom. The molecule has 0 aliphatic carbocycles. The molecular weight excluding hydrogens is 422 g/mol. The van der Waals surface area contributed by atoms with Crippen LogP contribution in [0.1, 0.15) is 38.1 Å². The zero-order chi connectivity index (χ0) is 21.3. The fraction of sp³-hybridized carbons (Fsp3) is 0.278. The number of halogens is 1. The van der Waals surface area contributed by atoms with Gasteiger partial charge in [0, 0.05) is 30.5 Å². The third-order valence-electron chi connectivity index (χ3n) is 4.52. The van der Waals surface area contributed by atoms with E-state index in [0.29, 0.717) is 19.5 Å². The number of benzene rings is 1. The van der Waals surface area contributed by atoms with Crippen molar-refractivity contribution >= 4 is 51.4 Å². The average Bonchev–Trinajstić information content (AvgIpc) is 3.04. The number of methoxy groups -OCH3 is 1. The fourth-order valence-electron chi connectivity index (χ4n) is 3.05. The van der Waals surface area contributed by atoms with Gasteiger partial charge in [0.25, 0.3) is 11.6 Å². The molecule has 29 heavy (non-hydrogen) atoms. The minimum Gasteiger partial charge on any atom is -0.465 e. The second-order valence-corrected chi connectivity index (χ2v) is 7.78. The lowest BCUT2D eigenvalue weighted by atomic mass is 10.0. The highest BCUT2D eigenvalue weighted by molar-refractivity contribution is 7.17. The molecular formula is C18H16ClN3O6S. The zero-order valence-electron chi connectivity index (χ0n) is 15.5. The fourth-order valence-corrected chi connectivity index (χ4v) is 4.50. The first-order valence-electron chi connectivity index (χ1n) is 8.46. The maximum absolute atomic E-state index is 12.7. The van der Waals surface area contributed by atoms with Crippen LogP contribution < -0.4 is 5.32 Å². The van der Waals surface area contributed by atoms with Crippen LogP contribution in [-0.4, -0.2) is 41.3 Å². The van der Waals surface area contributed by atoms with E-state index in [1.165, 1.54) is 26.2 Å². The number of ether oxygens (including phenoxy) is 1. The summed E-state index contributed by atoms with van der Waals surface area (Å²) in [5, 5.41) is 13.9. The molecule has 9 nitrogen and oxygen atoms in total. The molecule has 1 aliphatic rings. The van der Waals surface area contributed by atoms with Crippen molar-refractivity contribution in [1.82, 2.24) is 4.90 Å². The highest BCUT2D eigenvalue weighted by atomic mass is 35.5. The Hall–Kier alpha value is -2.98. The Morgan fingerprint density at radius 3 is 2.69 bits per heavy atom. The van der Waals surface area contributed by atoms with Gasteiger partial charge in [0.1, 0.15) is 5.00 Å². The summed E-state index contributed by atoms with van der Waals surface area (Å²) >= 11 is 7.19. The Balaban J connectivity index is 1.98. The Kier molecular flexibility index (Phi) is 5.85. The minimum atomic E-state index is -0.689. The van der Waals surface area contributed by atoms with Crippen LogP contribution in [0.5, 0.6) is 0 Å². The first kappa shape index (κ1) is 20.7. The zero-order valence-corrected chi connectivity index (χ0v) is 17.1. The van der Waals surface area contributed by atoms with Crippen molar-refractivity contribution in [3.63, 3.8) is 0 Å². The molecule has 0 bridgehead atoms.